The van der Waals surface area contributed by atoms with Crippen LogP contribution in [0, 0.1) is 0 Å². The van der Waals surface area contributed by atoms with Crippen molar-refractivity contribution in [3.05, 3.63) is 11.3 Å². The zero-order chi connectivity index (χ0) is 13.9. The summed E-state index contributed by atoms with van der Waals surface area (Å²) < 4.78 is 5.42. The molecule has 6 heteroatoms. The van der Waals surface area contributed by atoms with E-state index in [1.807, 2.05) is 0 Å². The maximum Gasteiger partial charge on any atom is 0.227 e. The SMILES string of the molecule is CCN(C)c1nc(N2CCOCC2)nc2c1CNCC2. The summed E-state index contributed by atoms with van der Waals surface area (Å²) in [6, 6.07) is 0. The van der Waals surface area contributed by atoms with E-state index in [0.29, 0.717) is 0 Å². The van der Waals surface area contributed by atoms with Crippen LogP contribution in [0.2, 0.25) is 0 Å². The van der Waals surface area contributed by atoms with E-state index in [4.69, 9.17) is 14.7 Å². The highest BCUT2D eigenvalue weighted by Crippen LogP contribution is 2.25. The molecule has 2 aliphatic heterocycles. The molecule has 0 bridgehead atoms. The van der Waals surface area contributed by atoms with Gasteiger partial charge in [-0.05, 0) is 6.92 Å². The molecule has 0 unspecified atom stereocenters. The molecule has 0 aromatic carbocycles. The van der Waals surface area contributed by atoms with Crippen molar-refractivity contribution in [1.29, 1.82) is 0 Å². The van der Waals surface area contributed by atoms with E-state index in [0.717, 1.165) is 64.1 Å². The largest absolute Gasteiger partial charge is 0.378 e. The first-order valence-corrected chi connectivity index (χ1v) is 7.44. The number of aromatic nitrogens is 2. The molecular formula is C14H23N5O. The number of hydrogen-bond donors (Lipinski definition) is 1. The normalized spacial score (nSPS) is 18.8. The Morgan fingerprint density at radius 1 is 1.30 bits per heavy atom. The van der Waals surface area contributed by atoms with Crippen LogP contribution in [0.1, 0.15) is 18.2 Å². The molecule has 1 aromatic heterocycles. The minimum atomic E-state index is 0.765. The molecule has 0 amide bonds. The first-order valence-electron chi connectivity index (χ1n) is 7.44. The Bertz CT molecular complexity index is 473. The van der Waals surface area contributed by atoms with E-state index in [1.165, 1.54) is 11.3 Å². The van der Waals surface area contributed by atoms with E-state index in [9.17, 15) is 0 Å². The second-order valence-electron chi connectivity index (χ2n) is 5.31. The lowest BCUT2D eigenvalue weighted by atomic mass is 10.1. The molecule has 1 fully saturated rings. The topological polar surface area (TPSA) is 53.5 Å². The van der Waals surface area contributed by atoms with Gasteiger partial charge in [0.2, 0.25) is 5.95 Å². The summed E-state index contributed by atoms with van der Waals surface area (Å²) in [5.74, 6) is 1.94. The zero-order valence-electron chi connectivity index (χ0n) is 12.4. The smallest absolute Gasteiger partial charge is 0.227 e. The van der Waals surface area contributed by atoms with Crippen LogP contribution in [0.25, 0.3) is 0 Å². The number of fused-ring (bicyclic) bond motifs is 1. The first-order chi connectivity index (χ1) is 9.79. The minimum Gasteiger partial charge on any atom is -0.378 e. The van der Waals surface area contributed by atoms with Crippen LogP contribution < -0.4 is 15.1 Å². The third-order valence-corrected chi connectivity index (χ3v) is 4.03. The van der Waals surface area contributed by atoms with E-state index in [2.05, 4.69) is 29.1 Å². The molecule has 0 radical (unpaired) electrons. The molecule has 1 aromatic rings. The molecule has 1 N–H and O–H groups in total. The Morgan fingerprint density at radius 3 is 2.85 bits per heavy atom. The van der Waals surface area contributed by atoms with Gasteiger partial charge in [-0.3, -0.25) is 0 Å². The van der Waals surface area contributed by atoms with E-state index < -0.39 is 0 Å². The van der Waals surface area contributed by atoms with Crippen molar-refractivity contribution < 1.29 is 4.74 Å². The second-order valence-corrected chi connectivity index (χ2v) is 5.31. The highest BCUT2D eigenvalue weighted by Gasteiger charge is 2.22. The standard InChI is InChI=1S/C14H23N5O/c1-3-18(2)13-11-10-15-5-4-12(11)16-14(17-13)19-6-8-20-9-7-19/h15H,3-10H2,1-2H3. The molecule has 2 aliphatic rings. The van der Waals surface area contributed by atoms with Crippen molar-refractivity contribution in [3.63, 3.8) is 0 Å². The molecule has 20 heavy (non-hydrogen) atoms. The molecule has 1 saturated heterocycles. The number of rotatable bonds is 3. The molecule has 3 rings (SSSR count). The van der Waals surface area contributed by atoms with Crippen molar-refractivity contribution in [1.82, 2.24) is 15.3 Å². The highest BCUT2D eigenvalue weighted by molar-refractivity contribution is 5.53. The number of nitrogens with one attached hydrogen (secondary N) is 1. The predicted molar refractivity (Wildman–Crippen MR) is 79.4 cm³/mol. The Labute approximate surface area is 120 Å². The summed E-state index contributed by atoms with van der Waals surface area (Å²) in [7, 11) is 2.10. The third kappa shape index (κ3) is 2.58. The monoisotopic (exact) mass is 277 g/mol. The van der Waals surface area contributed by atoms with Crippen molar-refractivity contribution in [2.24, 2.45) is 0 Å². The predicted octanol–water partition coefficient (Wildman–Crippen LogP) is 0.415. The Morgan fingerprint density at radius 2 is 2.10 bits per heavy atom. The Kier molecular flexibility index (Phi) is 4.03. The highest BCUT2D eigenvalue weighted by atomic mass is 16.5. The second kappa shape index (κ2) is 5.93. The number of morpholine rings is 1. The summed E-state index contributed by atoms with van der Waals surface area (Å²) >= 11 is 0. The molecule has 0 aliphatic carbocycles. The average Bonchev–Trinajstić information content (AvgIpc) is 2.54. The minimum absolute atomic E-state index is 0.765. The van der Waals surface area contributed by atoms with E-state index in [-0.39, 0.29) is 0 Å². The number of nitrogens with zero attached hydrogens (tertiary/aromatic N) is 4. The maximum atomic E-state index is 5.42. The van der Waals surface area contributed by atoms with Crippen LogP contribution in [0.5, 0.6) is 0 Å². The zero-order valence-corrected chi connectivity index (χ0v) is 12.4. The van der Waals surface area contributed by atoms with Gasteiger partial charge in [0.25, 0.3) is 0 Å². The van der Waals surface area contributed by atoms with Gasteiger partial charge in [-0.25, -0.2) is 4.98 Å². The summed E-state index contributed by atoms with van der Waals surface area (Å²) in [5.41, 5.74) is 2.47. The molecule has 0 atom stereocenters. The van der Waals surface area contributed by atoms with Crippen molar-refractivity contribution >= 4 is 11.8 Å². The van der Waals surface area contributed by atoms with Crippen molar-refractivity contribution in [2.45, 2.75) is 19.9 Å². The van der Waals surface area contributed by atoms with Crippen molar-refractivity contribution in [3.8, 4) is 0 Å². The summed E-state index contributed by atoms with van der Waals surface area (Å²) in [6.07, 6.45) is 0.986. The lowest BCUT2D eigenvalue weighted by Gasteiger charge is -2.30. The van der Waals surface area contributed by atoms with Gasteiger partial charge in [0, 0.05) is 51.8 Å². The molecular weight excluding hydrogens is 254 g/mol. The molecule has 0 saturated carbocycles. The molecule has 110 valence electrons. The number of hydrogen-bond acceptors (Lipinski definition) is 6. The Hall–Kier alpha value is -1.40. The van der Waals surface area contributed by atoms with E-state index in [1.54, 1.807) is 0 Å². The molecule has 3 heterocycles. The molecule has 6 nitrogen and oxygen atoms in total. The van der Waals surface area contributed by atoms with Crippen LogP contribution in [0.4, 0.5) is 11.8 Å². The lowest BCUT2D eigenvalue weighted by molar-refractivity contribution is 0.122. The van der Waals surface area contributed by atoms with Gasteiger partial charge in [-0.1, -0.05) is 0 Å². The average molecular weight is 277 g/mol. The van der Waals surface area contributed by atoms with Gasteiger partial charge in [0.1, 0.15) is 5.82 Å². The fourth-order valence-electron chi connectivity index (χ4n) is 2.68. The van der Waals surface area contributed by atoms with Crippen LogP contribution >= 0.6 is 0 Å². The number of ether oxygens (including phenoxy) is 1. The fraction of sp³-hybridized carbons (Fsp3) is 0.714. The maximum absolute atomic E-state index is 5.42. The van der Waals surface area contributed by atoms with Crippen LogP contribution in [-0.2, 0) is 17.7 Å². The summed E-state index contributed by atoms with van der Waals surface area (Å²) in [4.78, 5) is 14.1. The van der Waals surface area contributed by atoms with Gasteiger partial charge < -0.3 is 19.9 Å². The van der Waals surface area contributed by atoms with Crippen LogP contribution in [-0.4, -0.2) is 56.4 Å². The van der Waals surface area contributed by atoms with Gasteiger partial charge >= 0.3 is 0 Å². The van der Waals surface area contributed by atoms with E-state index >= 15 is 0 Å². The van der Waals surface area contributed by atoms with Gasteiger partial charge in [-0.2, -0.15) is 4.98 Å². The Balaban J connectivity index is 1.98. The first kappa shape index (κ1) is 13.6. The summed E-state index contributed by atoms with van der Waals surface area (Å²) in [5, 5.41) is 3.42. The third-order valence-electron chi connectivity index (χ3n) is 4.03. The lowest BCUT2D eigenvalue weighted by Crippen LogP contribution is -2.38. The van der Waals surface area contributed by atoms with Gasteiger partial charge in [0.05, 0.1) is 18.9 Å². The summed E-state index contributed by atoms with van der Waals surface area (Å²) in [6.45, 7) is 8.27. The van der Waals surface area contributed by atoms with Gasteiger partial charge in [-0.15, -0.1) is 0 Å². The van der Waals surface area contributed by atoms with Crippen LogP contribution in [0.3, 0.4) is 0 Å². The van der Waals surface area contributed by atoms with Crippen LogP contribution in [0.15, 0.2) is 0 Å². The fourth-order valence-corrected chi connectivity index (χ4v) is 2.68. The van der Waals surface area contributed by atoms with Gasteiger partial charge in [0.15, 0.2) is 0 Å². The number of anilines is 2. The molecule has 0 spiro atoms. The van der Waals surface area contributed by atoms with Crippen molar-refractivity contribution in [2.75, 3.05) is 56.2 Å². The quantitative estimate of drug-likeness (QED) is 0.864.